The molecule has 0 heterocycles. The molecule has 1 aromatic carbocycles. The van der Waals surface area contributed by atoms with E-state index >= 15 is 0 Å². The van der Waals surface area contributed by atoms with Gasteiger partial charge in [0.05, 0.1) is 0 Å². The molecule has 0 N–H and O–H groups in total. The van der Waals surface area contributed by atoms with Crippen LogP contribution in [0.4, 0.5) is 0 Å². The molecule has 0 aliphatic carbocycles. The predicted molar refractivity (Wildman–Crippen MR) is 75.4 cm³/mol. The summed E-state index contributed by atoms with van der Waals surface area (Å²) in [6, 6.07) is 6.62. The van der Waals surface area contributed by atoms with Crippen molar-refractivity contribution in [1.29, 1.82) is 0 Å². The van der Waals surface area contributed by atoms with Gasteiger partial charge in [-0.3, -0.25) is 0 Å². The average Bonchev–Trinajstić information content (AvgIpc) is 2.26. The Balaban J connectivity index is 3.17. The Morgan fingerprint density at radius 3 is 2.44 bits per heavy atom. The van der Waals surface area contributed by atoms with Crippen LogP contribution in [-0.2, 0) is 9.84 Å². The molecule has 0 amide bonds. The predicted octanol–water partition coefficient (Wildman–Crippen LogP) is 1.18. The number of hydrogen-bond donors (Lipinski definition) is 0. The monoisotopic (exact) mass is 296 g/mol. The van der Waals surface area contributed by atoms with E-state index in [0.717, 1.165) is 4.47 Å². The van der Waals surface area contributed by atoms with Crippen LogP contribution in [0.1, 0.15) is 6.92 Å². The number of halogens is 1. The second kappa shape index (κ2) is 5.64. The van der Waals surface area contributed by atoms with Crippen molar-refractivity contribution in [2.75, 3.05) is 0 Å². The Bertz CT molecular complexity index is 518. The molecule has 82 valence electrons. The molecule has 1 aromatic rings. The number of sulfone groups is 1. The van der Waals surface area contributed by atoms with Gasteiger partial charge in [-0.2, -0.15) is 0 Å². The van der Waals surface area contributed by atoms with Crippen molar-refractivity contribution in [3.05, 3.63) is 39.7 Å². The fraction of sp³-hybridized carbons (Fsp3) is 0.100. The normalized spacial score (nSPS) is 12.8. The van der Waals surface area contributed by atoms with E-state index in [2.05, 4.69) is 15.9 Å². The minimum absolute atomic E-state index is 0.314. The van der Waals surface area contributed by atoms with Gasteiger partial charge in [0.25, 0.3) is 0 Å². The van der Waals surface area contributed by atoms with Crippen LogP contribution in [0.15, 0.2) is 44.6 Å². The Morgan fingerprint density at radius 1 is 1.38 bits per heavy atom. The second-order valence-electron chi connectivity index (χ2n) is 3.26. The van der Waals surface area contributed by atoms with Crippen molar-refractivity contribution >= 4 is 46.3 Å². The molecule has 2 nitrogen and oxygen atoms in total. The minimum atomic E-state index is -3.34. The van der Waals surface area contributed by atoms with Crippen LogP contribution in [0.5, 0.6) is 0 Å². The van der Waals surface area contributed by atoms with E-state index < -0.39 is 9.84 Å². The van der Waals surface area contributed by atoms with E-state index in [1.54, 1.807) is 50.0 Å². The molecule has 0 unspecified atom stereocenters. The molecular weight excluding hydrogens is 286 g/mol. The number of rotatable bonds is 3. The molecule has 0 aromatic heterocycles. The van der Waals surface area contributed by atoms with Crippen molar-refractivity contribution in [2.45, 2.75) is 11.8 Å². The zero-order valence-corrected chi connectivity index (χ0v) is 11.5. The Labute approximate surface area is 106 Å². The van der Waals surface area contributed by atoms with Crippen molar-refractivity contribution in [2.24, 2.45) is 0 Å². The summed E-state index contributed by atoms with van der Waals surface area (Å²) in [7, 11) is -1.50. The van der Waals surface area contributed by atoms with Crippen LogP contribution < -0.4 is 0 Å². The fourth-order valence-electron chi connectivity index (χ4n) is 1.12. The molecule has 0 aliphatic rings. The first-order valence-electron chi connectivity index (χ1n) is 4.78. The summed E-state index contributed by atoms with van der Waals surface area (Å²) in [5.41, 5.74) is 0. The number of benzene rings is 1. The van der Waals surface area contributed by atoms with Gasteiger partial charge in [0.2, 0.25) is 0 Å². The van der Waals surface area contributed by atoms with Gasteiger partial charge >= 0.3 is 106 Å². The Kier molecular flexibility index (Phi) is 4.74. The summed E-state index contributed by atoms with van der Waals surface area (Å²) in [6.45, 7) is 3.39. The molecule has 0 bridgehead atoms. The molecule has 0 fully saturated rings. The summed E-state index contributed by atoms with van der Waals surface area (Å²) in [6.07, 6.45) is 1.59. The summed E-state index contributed by atoms with van der Waals surface area (Å²) < 4.78 is 24.9. The van der Waals surface area contributed by atoms with Gasteiger partial charge in [0.1, 0.15) is 0 Å². The molecule has 0 atom stereocenters. The fourth-order valence-corrected chi connectivity index (χ4v) is 2.51. The first-order valence-corrected chi connectivity index (χ1v) is 7.06. The zero-order valence-electron chi connectivity index (χ0n) is 9.14. The maximum absolute atomic E-state index is 12.0. The van der Waals surface area contributed by atoms with Gasteiger partial charge in [-0.15, -0.1) is 0 Å². The topological polar surface area (TPSA) is 34.1 Å². The summed E-state index contributed by atoms with van der Waals surface area (Å²) in [4.78, 5) is 0.655. The van der Waals surface area contributed by atoms with E-state index in [9.17, 15) is 8.42 Å². The molecule has 0 radical (unpaired) electrons. The van der Waals surface area contributed by atoms with Crippen LogP contribution >= 0.6 is 15.9 Å². The van der Waals surface area contributed by atoms with Gasteiger partial charge in [-0.05, 0) is 0 Å². The number of allylic oxidation sites excluding steroid dienone is 2. The van der Waals surface area contributed by atoms with Crippen molar-refractivity contribution in [1.82, 2.24) is 0 Å². The Morgan fingerprint density at radius 2 is 1.94 bits per heavy atom. The van der Waals surface area contributed by atoms with Crippen LogP contribution in [0.3, 0.4) is 0 Å². The van der Waals surface area contributed by atoms with Gasteiger partial charge in [0, 0.05) is 0 Å². The molecule has 0 saturated heterocycles. The third-order valence-corrected chi connectivity index (χ3v) is 4.48. The van der Waals surface area contributed by atoms with Gasteiger partial charge < -0.3 is 0 Å². The van der Waals surface area contributed by atoms with Crippen molar-refractivity contribution in [3.8, 4) is 0 Å². The second-order valence-corrected chi connectivity index (χ2v) is 6.30. The van der Waals surface area contributed by atoms with Gasteiger partial charge in [-0.25, -0.2) is 0 Å². The SMILES string of the molecule is B/B=C\C=C(\C)S(=O)(=O)c1ccc(Br)cc1. The molecule has 0 spiro atoms. The molecule has 0 aliphatic heterocycles. The van der Waals surface area contributed by atoms with Crippen LogP contribution in [0, 0.1) is 0 Å². The summed E-state index contributed by atoms with van der Waals surface area (Å²) in [5, 5.41) is 0. The van der Waals surface area contributed by atoms with Crippen LogP contribution in [0.2, 0.25) is 0 Å². The number of hydrogen-bond acceptors (Lipinski definition) is 2. The first kappa shape index (κ1) is 13.5. The standard InChI is InChI=1S/C10H11B2BrO2S/c1-8(6-7-12-11)16(14,15)10-4-2-9(13)3-5-10/h2-7H,11H2,1H3/b8-6-. The van der Waals surface area contributed by atoms with Crippen molar-refractivity contribution in [3.63, 3.8) is 0 Å². The van der Waals surface area contributed by atoms with E-state index in [-0.39, 0.29) is 0 Å². The Hall–Kier alpha value is -0.610. The summed E-state index contributed by atoms with van der Waals surface area (Å²) in [5.74, 6) is 1.71. The average molecular weight is 297 g/mol. The third-order valence-electron chi connectivity index (χ3n) is 2.07. The van der Waals surface area contributed by atoms with Gasteiger partial charge in [-0.1, -0.05) is 0 Å². The molecule has 6 heteroatoms. The molecule has 0 saturated carbocycles. The van der Waals surface area contributed by atoms with Crippen molar-refractivity contribution < 1.29 is 8.42 Å². The third kappa shape index (κ3) is 3.19. The van der Waals surface area contributed by atoms with Crippen LogP contribution in [0.25, 0.3) is 0 Å². The van der Waals surface area contributed by atoms with E-state index in [0.29, 0.717) is 9.80 Å². The molecule has 1 rings (SSSR count). The molecular formula is C10H11B2BrO2S. The van der Waals surface area contributed by atoms with Crippen LogP contribution in [-0.4, -0.2) is 28.9 Å². The van der Waals surface area contributed by atoms with E-state index in [4.69, 9.17) is 0 Å². The van der Waals surface area contributed by atoms with Gasteiger partial charge in [0.15, 0.2) is 0 Å². The summed E-state index contributed by atoms with van der Waals surface area (Å²) >= 11 is 3.27. The quantitative estimate of drug-likeness (QED) is 0.785. The maximum atomic E-state index is 12.0. The van der Waals surface area contributed by atoms with E-state index in [1.807, 2.05) is 7.74 Å². The molecule has 16 heavy (non-hydrogen) atoms. The van der Waals surface area contributed by atoms with E-state index in [1.165, 1.54) is 0 Å². The zero-order chi connectivity index (χ0) is 12.2. The first-order chi connectivity index (χ1) is 7.48.